The van der Waals surface area contributed by atoms with Gasteiger partial charge in [0.2, 0.25) is 0 Å². The summed E-state index contributed by atoms with van der Waals surface area (Å²) < 4.78 is 0. The fraction of sp³-hybridized carbons (Fsp3) is 0.429. The van der Waals surface area contributed by atoms with Gasteiger partial charge in [-0.1, -0.05) is 52.0 Å². The van der Waals surface area contributed by atoms with E-state index < -0.39 is 0 Å². The molecule has 1 aromatic carbocycles. The third-order valence-corrected chi connectivity index (χ3v) is 3.81. The van der Waals surface area contributed by atoms with E-state index in [1.54, 1.807) is 0 Å². The second-order valence-corrected chi connectivity index (χ2v) is 5.45. The molecule has 16 heavy (non-hydrogen) atoms. The first-order valence-corrected chi connectivity index (χ1v) is 5.64. The van der Waals surface area contributed by atoms with Crippen LogP contribution in [0.1, 0.15) is 38.8 Å². The molecule has 0 nitrogen and oxygen atoms in total. The molecule has 2 rings (SSSR count). The molecule has 0 aliphatic heterocycles. The minimum Gasteiger partial charge on any atom is -0.397 e. The molecule has 0 aromatic heterocycles. The van der Waals surface area contributed by atoms with Gasteiger partial charge in [0.05, 0.1) is 0 Å². The number of rotatable bonds is 0. The number of fused-ring (bicyclic) bond motifs is 1. The monoisotopic (exact) mass is 226 g/mol. The van der Waals surface area contributed by atoms with Crippen molar-refractivity contribution in [2.24, 2.45) is 0 Å². The Morgan fingerprint density at radius 1 is 0.938 bits per heavy atom. The van der Waals surface area contributed by atoms with Crippen LogP contribution in [0.4, 0.5) is 0 Å². The van der Waals surface area contributed by atoms with Crippen LogP contribution in [-0.2, 0) is 10.8 Å². The van der Waals surface area contributed by atoms with Gasteiger partial charge in [0.1, 0.15) is 0 Å². The molecule has 0 atom stereocenters. The molecule has 2 heteroatoms. The Labute approximate surface area is 115 Å². The average Bonchev–Trinajstić information content (AvgIpc) is 2.32. The summed E-state index contributed by atoms with van der Waals surface area (Å²) in [6.45, 7) is 8.85. The standard InChI is InChI=1S/C14H16Cl.Li/c1-13(2)10-7-5-6-8-11(10)14(3,4)12(13)9-15;/h5-8H,1-4H3;/q-1;+1. The van der Waals surface area contributed by atoms with E-state index in [9.17, 15) is 0 Å². The molecule has 0 saturated carbocycles. The molecule has 0 spiro atoms. The minimum absolute atomic E-state index is 0. The Morgan fingerprint density at radius 3 is 1.62 bits per heavy atom. The van der Waals surface area contributed by atoms with E-state index in [2.05, 4.69) is 57.5 Å². The van der Waals surface area contributed by atoms with Crippen molar-refractivity contribution in [1.82, 2.24) is 0 Å². The van der Waals surface area contributed by atoms with Gasteiger partial charge in [0.15, 0.2) is 0 Å². The van der Waals surface area contributed by atoms with E-state index in [0.29, 0.717) is 0 Å². The summed E-state index contributed by atoms with van der Waals surface area (Å²) in [7, 11) is 0. The molecular weight excluding hydrogens is 211 g/mol. The van der Waals surface area contributed by atoms with Crippen LogP contribution < -0.4 is 18.9 Å². The molecular formula is C14H16ClLi. The van der Waals surface area contributed by atoms with Crippen LogP contribution in [0.3, 0.4) is 0 Å². The van der Waals surface area contributed by atoms with Gasteiger partial charge in [-0.05, 0) is 22.0 Å². The van der Waals surface area contributed by atoms with Crippen LogP contribution >= 0.6 is 11.6 Å². The van der Waals surface area contributed by atoms with Gasteiger partial charge in [-0.15, -0.1) is 0 Å². The molecule has 1 aliphatic carbocycles. The van der Waals surface area contributed by atoms with Crippen LogP contribution in [0.25, 0.3) is 0 Å². The zero-order chi connectivity index (χ0) is 11.3. The van der Waals surface area contributed by atoms with Gasteiger partial charge < -0.3 is 17.1 Å². The number of halogens is 1. The van der Waals surface area contributed by atoms with E-state index in [4.69, 9.17) is 11.6 Å². The van der Waals surface area contributed by atoms with E-state index in [0.717, 1.165) is 0 Å². The molecule has 1 aliphatic rings. The summed E-state index contributed by atoms with van der Waals surface area (Å²) in [5, 5.41) is 0. The van der Waals surface area contributed by atoms with Crippen molar-refractivity contribution in [2.75, 3.05) is 0 Å². The SMILES string of the molecule is CC1(C)C(=[C-]Cl)C(C)(C)c2ccccc21.[Li+]. The van der Waals surface area contributed by atoms with Crippen molar-refractivity contribution in [3.05, 3.63) is 46.5 Å². The second kappa shape index (κ2) is 4.26. The quantitative estimate of drug-likeness (QED) is 0.461. The third kappa shape index (κ3) is 1.68. The van der Waals surface area contributed by atoms with Gasteiger partial charge in [-0.2, -0.15) is 0 Å². The number of hydrogen-bond acceptors (Lipinski definition) is 0. The van der Waals surface area contributed by atoms with Crippen LogP contribution in [0, 0.1) is 5.54 Å². The molecule has 0 saturated heterocycles. The molecule has 0 unspecified atom stereocenters. The largest absolute Gasteiger partial charge is 1.00 e. The van der Waals surface area contributed by atoms with Gasteiger partial charge in [-0.3, -0.25) is 0 Å². The summed E-state index contributed by atoms with van der Waals surface area (Å²) in [6, 6.07) is 8.57. The maximum Gasteiger partial charge on any atom is 1.00 e. The Balaban J connectivity index is 0.00000128. The predicted molar refractivity (Wildman–Crippen MR) is 65.1 cm³/mol. The first kappa shape index (κ1) is 13.9. The minimum atomic E-state index is 0. The van der Waals surface area contributed by atoms with E-state index in [-0.39, 0.29) is 29.7 Å². The smallest absolute Gasteiger partial charge is 0.397 e. The molecule has 0 heterocycles. The summed E-state index contributed by atoms with van der Waals surface area (Å²) in [5.74, 6) is 0. The van der Waals surface area contributed by atoms with Crippen molar-refractivity contribution in [3.8, 4) is 0 Å². The third-order valence-electron chi connectivity index (χ3n) is 3.62. The molecule has 0 bridgehead atoms. The van der Waals surface area contributed by atoms with E-state index >= 15 is 0 Å². The maximum atomic E-state index is 5.88. The maximum absolute atomic E-state index is 5.88. The van der Waals surface area contributed by atoms with E-state index in [1.807, 2.05) is 0 Å². The first-order valence-electron chi connectivity index (χ1n) is 5.27. The Morgan fingerprint density at radius 2 is 1.31 bits per heavy atom. The second-order valence-electron chi connectivity index (χ2n) is 5.27. The van der Waals surface area contributed by atoms with Gasteiger partial charge in [-0.25, -0.2) is 5.57 Å². The number of allylic oxidation sites excluding steroid dienone is 1. The average molecular weight is 227 g/mol. The Kier molecular flexibility index (Phi) is 3.70. The molecule has 0 N–H and O–H groups in total. The Bertz CT molecular complexity index is 393. The summed E-state index contributed by atoms with van der Waals surface area (Å²) in [6.07, 6.45) is 0. The fourth-order valence-electron chi connectivity index (χ4n) is 2.86. The summed E-state index contributed by atoms with van der Waals surface area (Å²) in [5.41, 5.74) is 6.81. The van der Waals surface area contributed by atoms with Crippen molar-refractivity contribution < 1.29 is 18.9 Å². The first-order chi connectivity index (χ1) is 6.92. The van der Waals surface area contributed by atoms with E-state index in [1.165, 1.54) is 16.7 Å². The van der Waals surface area contributed by atoms with Gasteiger partial charge >= 0.3 is 18.9 Å². The van der Waals surface area contributed by atoms with Crippen LogP contribution in [-0.4, -0.2) is 0 Å². The Hall–Kier alpha value is -0.153. The number of hydrogen-bond donors (Lipinski definition) is 0. The molecule has 80 valence electrons. The van der Waals surface area contributed by atoms with Gasteiger partial charge in [0, 0.05) is 0 Å². The molecule has 0 amide bonds. The zero-order valence-corrected chi connectivity index (χ0v) is 11.4. The summed E-state index contributed by atoms with van der Waals surface area (Å²) in [4.78, 5) is 0. The van der Waals surface area contributed by atoms with Crippen LogP contribution in [0.5, 0.6) is 0 Å². The van der Waals surface area contributed by atoms with Crippen molar-refractivity contribution in [2.45, 2.75) is 38.5 Å². The van der Waals surface area contributed by atoms with Gasteiger partial charge in [0.25, 0.3) is 0 Å². The predicted octanol–water partition coefficient (Wildman–Crippen LogP) is 1.19. The van der Waals surface area contributed by atoms with Crippen molar-refractivity contribution >= 4 is 11.6 Å². The van der Waals surface area contributed by atoms with Crippen molar-refractivity contribution in [3.63, 3.8) is 0 Å². The molecule has 1 aromatic rings. The molecule has 0 fully saturated rings. The van der Waals surface area contributed by atoms with Crippen LogP contribution in [0.15, 0.2) is 29.8 Å². The fourth-order valence-corrected chi connectivity index (χ4v) is 3.33. The molecule has 0 radical (unpaired) electrons. The topological polar surface area (TPSA) is 0 Å². The zero-order valence-electron chi connectivity index (χ0n) is 10.7. The van der Waals surface area contributed by atoms with Crippen molar-refractivity contribution in [1.29, 1.82) is 0 Å². The summed E-state index contributed by atoms with van der Waals surface area (Å²) >= 11 is 5.88. The van der Waals surface area contributed by atoms with Crippen LogP contribution in [0.2, 0.25) is 0 Å². The number of benzene rings is 1. The normalized spacial score (nSPS) is 19.9.